The van der Waals surface area contributed by atoms with Crippen molar-refractivity contribution in [3.63, 3.8) is 0 Å². The lowest BCUT2D eigenvalue weighted by Crippen LogP contribution is -2.37. The zero-order valence-electron chi connectivity index (χ0n) is 15.0. The molecular formula is C18H21N3O5S2. The molecule has 28 heavy (non-hydrogen) atoms. The van der Waals surface area contributed by atoms with Crippen molar-refractivity contribution in [3.05, 3.63) is 60.2 Å². The number of amides is 1. The number of nitrogens with two attached hydrogens (primary N) is 1. The maximum absolute atomic E-state index is 12.7. The number of carbonyl (C=O) groups is 1. The first-order chi connectivity index (χ1) is 13.2. The minimum absolute atomic E-state index is 0.0304. The molecule has 150 valence electrons. The maximum Gasteiger partial charge on any atom is 0.243 e. The normalized spacial score (nSPS) is 16.7. The number of benzene rings is 2. The zero-order valence-corrected chi connectivity index (χ0v) is 16.6. The van der Waals surface area contributed by atoms with Gasteiger partial charge in [-0.05, 0) is 42.7 Å². The molecule has 2 aromatic carbocycles. The number of primary amides is 1. The van der Waals surface area contributed by atoms with Crippen LogP contribution in [-0.4, -0.2) is 40.1 Å². The van der Waals surface area contributed by atoms with Gasteiger partial charge in [-0.3, -0.25) is 4.79 Å². The second-order valence-corrected chi connectivity index (χ2v) is 10.1. The fourth-order valence-electron chi connectivity index (χ4n) is 3.03. The molecule has 0 aliphatic carbocycles. The average molecular weight is 424 g/mol. The second-order valence-electron chi connectivity index (χ2n) is 6.45. The summed E-state index contributed by atoms with van der Waals surface area (Å²) in [5.41, 5.74) is 5.76. The summed E-state index contributed by atoms with van der Waals surface area (Å²) in [4.78, 5) is 11.6. The molecule has 10 heteroatoms. The third-order valence-corrected chi connectivity index (χ3v) is 7.88. The van der Waals surface area contributed by atoms with Crippen molar-refractivity contribution in [1.82, 2.24) is 9.03 Å². The molecule has 1 unspecified atom stereocenters. The highest BCUT2D eigenvalue weighted by Gasteiger charge is 2.29. The highest BCUT2D eigenvalue weighted by Crippen LogP contribution is 2.23. The standard InChI is InChI=1S/C18H21N3O5S2/c19-18(22)17(14-6-2-1-3-7-14)20-27(23,24)15-8-10-16(11-9-15)28(25,26)21-12-4-5-13-21/h1-3,6-11,17,20H,4-5,12-13H2,(H2,19,22). The first-order valence-electron chi connectivity index (χ1n) is 8.68. The number of sulfonamides is 2. The number of hydrogen-bond donors (Lipinski definition) is 2. The van der Waals surface area contributed by atoms with Crippen LogP contribution in [0.15, 0.2) is 64.4 Å². The van der Waals surface area contributed by atoms with Gasteiger partial charge in [0.05, 0.1) is 9.79 Å². The molecule has 0 saturated carbocycles. The summed E-state index contributed by atoms with van der Waals surface area (Å²) < 4.78 is 54.1. The van der Waals surface area contributed by atoms with Gasteiger partial charge < -0.3 is 5.73 Å². The lowest BCUT2D eigenvalue weighted by molar-refractivity contribution is -0.119. The Kier molecular flexibility index (Phi) is 5.84. The Morgan fingerprint density at radius 2 is 1.43 bits per heavy atom. The third kappa shape index (κ3) is 4.25. The molecule has 1 heterocycles. The quantitative estimate of drug-likeness (QED) is 0.686. The van der Waals surface area contributed by atoms with Crippen molar-refractivity contribution in [2.24, 2.45) is 5.73 Å². The van der Waals surface area contributed by atoms with Gasteiger partial charge in [-0.2, -0.15) is 9.03 Å². The van der Waals surface area contributed by atoms with Gasteiger partial charge in [-0.1, -0.05) is 30.3 Å². The van der Waals surface area contributed by atoms with Gasteiger partial charge in [-0.15, -0.1) is 0 Å². The molecule has 3 rings (SSSR count). The van der Waals surface area contributed by atoms with Crippen LogP contribution in [0.3, 0.4) is 0 Å². The lowest BCUT2D eigenvalue weighted by Gasteiger charge is -2.17. The smallest absolute Gasteiger partial charge is 0.243 e. The van der Waals surface area contributed by atoms with Crippen LogP contribution < -0.4 is 10.5 Å². The van der Waals surface area contributed by atoms with Gasteiger partial charge in [0, 0.05) is 13.1 Å². The largest absolute Gasteiger partial charge is 0.368 e. The molecule has 0 bridgehead atoms. The molecule has 2 aromatic rings. The van der Waals surface area contributed by atoms with Gasteiger partial charge in [-0.25, -0.2) is 16.8 Å². The molecule has 1 saturated heterocycles. The van der Waals surface area contributed by atoms with E-state index < -0.39 is 32.0 Å². The van der Waals surface area contributed by atoms with Crippen LogP contribution in [0.25, 0.3) is 0 Å². The summed E-state index contributed by atoms with van der Waals surface area (Å²) in [6, 6.07) is 11.9. The van der Waals surface area contributed by atoms with E-state index in [4.69, 9.17) is 5.73 Å². The summed E-state index contributed by atoms with van der Waals surface area (Å²) in [6.07, 6.45) is 1.62. The molecule has 0 aromatic heterocycles. The Labute approximate surface area is 164 Å². The molecule has 0 radical (unpaired) electrons. The summed E-state index contributed by atoms with van der Waals surface area (Å²) >= 11 is 0. The Morgan fingerprint density at radius 1 is 0.893 bits per heavy atom. The highest BCUT2D eigenvalue weighted by molar-refractivity contribution is 7.89. The SMILES string of the molecule is NC(=O)C(NS(=O)(=O)c1ccc(S(=O)(=O)N2CCCC2)cc1)c1ccccc1. The van der Waals surface area contributed by atoms with Crippen LogP contribution in [0.5, 0.6) is 0 Å². The monoisotopic (exact) mass is 423 g/mol. The van der Waals surface area contributed by atoms with E-state index >= 15 is 0 Å². The number of hydrogen-bond acceptors (Lipinski definition) is 5. The summed E-state index contributed by atoms with van der Waals surface area (Å²) in [5, 5.41) is 0. The van der Waals surface area contributed by atoms with Gasteiger partial charge in [0.25, 0.3) is 0 Å². The zero-order chi connectivity index (χ0) is 20.4. The van der Waals surface area contributed by atoms with Crippen molar-refractivity contribution >= 4 is 26.0 Å². The molecule has 0 spiro atoms. The molecule has 1 aliphatic heterocycles. The molecule has 1 aliphatic rings. The second kappa shape index (κ2) is 8.00. The number of nitrogens with one attached hydrogen (secondary N) is 1. The van der Waals surface area contributed by atoms with Gasteiger partial charge >= 0.3 is 0 Å². The molecule has 1 fully saturated rings. The number of nitrogens with zero attached hydrogens (tertiary/aromatic N) is 1. The van der Waals surface area contributed by atoms with Crippen molar-refractivity contribution in [2.45, 2.75) is 28.7 Å². The fourth-order valence-corrected chi connectivity index (χ4v) is 5.74. The van der Waals surface area contributed by atoms with Crippen LogP contribution in [0.2, 0.25) is 0 Å². The minimum Gasteiger partial charge on any atom is -0.368 e. The Balaban J connectivity index is 1.85. The third-order valence-electron chi connectivity index (χ3n) is 4.53. The highest BCUT2D eigenvalue weighted by atomic mass is 32.2. The van der Waals surface area contributed by atoms with Crippen LogP contribution in [0.4, 0.5) is 0 Å². The Hall–Kier alpha value is -2.27. The van der Waals surface area contributed by atoms with Gasteiger partial charge in [0.1, 0.15) is 6.04 Å². The van der Waals surface area contributed by atoms with E-state index in [1.54, 1.807) is 30.3 Å². The number of rotatable bonds is 7. The van der Waals surface area contributed by atoms with Crippen molar-refractivity contribution in [2.75, 3.05) is 13.1 Å². The molecule has 3 N–H and O–H groups in total. The molecule has 1 amide bonds. The van der Waals surface area contributed by atoms with Crippen LogP contribution >= 0.6 is 0 Å². The summed E-state index contributed by atoms with van der Waals surface area (Å²) in [5.74, 6) is -0.844. The van der Waals surface area contributed by atoms with E-state index in [-0.39, 0.29) is 9.79 Å². The van der Waals surface area contributed by atoms with Crippen LogP contribution in [0, 0.1) is 0 Å². The predicted octanol–water partition coefficient (Wildman–Crippen LogP) is 0.976. The van der Waals surface area contributed by atoms with Crippen LogP contribution in [0.1, 0.15) is 24.4 Å². The Morgan fingerprint density at radius 3 is 1.96 bits per heavy atom. The topological polar surface area (TPSA) is 127 Å². The predicted molar refractivity (Wildman–Crippen MR) is 103 cm³/mol. The van der Waals surface area contributed by atoms with E-state index in [0.29, 0.717) is 18.7 Å². The van der Waals surface area contributed by atoms with Crippen molar-refractivity contribution in [3.8, 4) is 0 Å². The maximum atomic E-state index is 12.7. The first kappa shape index (κ1) is 20.5. The minimum atomic E-state index is -4.09. The number of carbonyl (C=O) groups excluding carboxylic acids is 1. The van der Waals surface area contributed by atoms with E-state index in [1.807, 2.05) is 0 Å². The van der Waals surface area contributed by atoms with Gasteiger partial charge in [0.2, 0.25) is 26.0 Å². The van der Waals surface area contributed by atoms with E-state index in [9.17, 15) is 21.6 Å². The summed E-state index contributed by atoms with van der Waals surface area (Å²) in [6.45, 7) is 0.919. The molecular weight excluding hydrogens is 402 g/mol. The van der Waals surface area contributed by atoms with E-state index in [1.165, 1.54) is 28.6 Å². The van der Waals surface area contributed by atoms with Crippen LogP contribution in [-0.2, 0) is 24.8 Å². The Bertz CT molecular complexity index is 1050. The summed E-state index contributed by atoms with van der Waals surface area (Å²) in [7, 11) is -7.73. The first-order valence-corrected chi connectivity index (χ1v) is 11.6. The van der Waals surface area contributed by atoms with Crippen molar-refractivity contribution < 1.29 is 21.6 Å². The van der Waals surface area contributed by atoms with Gasteiger partial charge in [0.15, 0.2) is 0 Å². The fraction of sp³-hybridized carbons (Fsp3) is 0.278. The average Bonchev–Trinajstić information content (AvgIpc) is 3.22. The van der Waals surface area contributed by atoms with Crippen molar-refractivity contribution in [1.29, 1.82) is 0 Å². The molecule has 1 atom stereocenters. The van der Waals surface area contributed by atoms with E-state index in [2.05, 4.69) is 4.72 Å². The van der Waals surface area contributed by atoms with E-state index in [0.717, 1.165) is 12.8 Å². The molecule has 8 nitrogen and oxygen atoms in total. The lowest BCUT2D eigenvalue weighted by atomic mass is 10.1.